The van der Waals surface area contributed by atoms with E-state index in [9.17, 15) is 0 Å². The zero-order chi connectivity index (χ0) is 13.2. The summed E-state index contributed by atoms with van der Waals surface area (Å²) in [6.45, 7) is 0.975. The molecule has 2 aliphatic rings. The van der Waals surface area contributed by atoms with Crippen LogP contribution in [-0.4, -0.2) is 35.6 Å². The highest BCUT2D eigenvalue weighted by molar-refractivity contribution is 5.42. The van der Waals surface area contributed by atoms with Crippen molar-refractivity contribution in [2.45, 2.75) is 37.8 Å². The number of nitrogens with zero attached hydrogens (tertiary/aromatic N) is 3. The molecular weight excluding hydrogens is 236 g/mol. The van der Waals surface area contributed by atoms with Crippen molar-refractivity contribution in [3.63, 3.8) is 0 Å². The van der Waals surface area contributed by atoms with Crippen LogP contribution in [0.3, 0.4) is 0 Å². The highest BCUT2D eigenvalue weighted by Gasteiger charge is 2.38. The Balaban J connectivity index is 1.57. The standard InChI is InChI=1S/C15H20N4/c1-19-13-2-3-14(19)7-12(6-13)10-18-15-8-11(9-16)4-5-17-15/h4-5,8,12-14H,2-3,6-7,10H2,1H3,(H,17,18). The van der Waals surface area contributed by atoms with E-state index in [-0.39, 0.29) is 0 Å². The predicted octanol–water partition coefficient (Wildman–Crippen LogP) is 2.24. The number of pyridine rings is 1. The summed E-state index contributed by atoms with van der Waals surface area (Å²) in [6, 6.07) is 7.27. The van der Waals surface area contributed by atoms with Crippen molar-refractivity contribution in [1.82, 2.24) is 9.88 Å². The van der Waals surface area contributed by atoms with Gasteiger partial charge in [-0.1, -0.05) is 0 Å². The maximum atomic E-state index is 8.87. The van der Waals surface area contributed by atoms with Crippen molar-refractivity contribution >= 4 is 5.82 Å². The molecule has 1 aromatic rings. The second-order valence-corrected chi connectivity index (χ2v) is 5.81. The van der Waals surface area contributed by atoms with Gasteiger partial charge in [-0.15, -0.1) is 0 Å². The van der Waals surface area contributed by atoms with Gasteiger partial charge in [-0.3, -0.25) is 0 Å². The van der Waals surface area contributed by atoms with Crippen LogP contribution < -0.4 is 5.32 Å². The molecule has 0 aromatic carbocycles. The number of hydrogen-bond acceptors (Lipinski definition) is 4. The van der Waals surface area contributed by atoms with Crippen LogP contribution in [0.25, 0.3) is 0 Å². The Bertz CT molecular complexity index is 479. The summed E-state index contributed by atoms with van der Waals surface area (Å²) in [5.41, 5.74) is 0.668. The van der Waals surface area contributed by atoms with Gasteiger partial charge in [-0.2, -0.15) is 5.26 Å². The molecule has 0 radical (unpaired) electrons. The third-order valence-corrected chi connectivity index (χ3v) is 4.66. The molecule has 0 aliphatic carbocycles. The molecule has 2 atom stereocenters. The van der Waals surface area contributed by atoms with Gasteiger partial charge in [0.25, 0.3) is 0 Å². The van der Waals surface area contributed by atoms with Crippen molar-refractivity contribution in [2.24, 2.45) is 5.92 Å². The molecule has 3 heterocycles. The molecule has 2 bridgehead atoms. The zero-order valence-corrected chi connectivity index (χ0v) is 11.3. The Labute approximate surface area is 114 Å². The van der Waals surface area contributed by atoms with Gasteiger partial charge >= 0.3 is 0 Å². The van der Waals surface area contributed by atoms with E-state index in [2.05, 4.69) is 28.3 Å². The van der Waals surface area contributed by atoms with E-state index < -0.39 is 0 Å². The first-order valence-electron chi connectivity index (χ1n) is 7.08. The first-order chi connectivity index (χ1) is 9.26. The summed E-state index contributed by atoms with van der Waals surface area (Å²) >= 11 is 0. The molecule has 4 heteroatoms. The number of nitrogens with one attached hydrogen (secondary N) is 1. The Morgan fingerprint density at radius 2 is 2.16 bits per heavy atom. The van der Waals surface area contributed by atoms with E-state index in [1.54, 1.807) is 12.3 Å². The van der Waals surface area contributed by atoms with Gasteiger partial charge in [-0.05, 0) is 50.8 Å². The van der Waals surface area contributed by atoms with Gasteiger partial charge in [-0.25, -0.2) is 4.98 Å². The van der Waals surface area contributed by atoms with Crippen molar-refractivity contribution in [1.29, 1.82) is 5.26 Å². The van der Waals surface area contributed by atoms with Crippen LogP contribution in [0.1, 0.15) is 31.2 Å². The van der Waals surface area contributed by atoms with Crippen LogP contribution in [0.2, 0.25) is 0 Å². The predicted molar refractivity (Wildman–Crippen MR) is 74.7 cm³/mol. The lowest BCUT2D eigenvalue weighted by Gasteiger charge is -2.36. The first-order valence-corrected chi connectivity index (χ1v) is 7.08. The smallest absolute Gasteiger partial charge is 0.127 e. The minimum atomic E-state index is 0.668. The highest BCUT2D eigenvalue weighted by atomic mass is 15.2. The van der Waals surface area contributed by atoms with E-state index >= 15 is 0 Å². The topological polar surface area (TPSA) is 52.0 Å². The van der Waals surface area contributed by atoms with E-state index in [0.29, 0.717) is 5.56 Å². The molecule has 0 amide bonds. The van der Waals surface area contributed by atoms with E-state index in [1.165, 1.54) is 25.7 Å². The Morgan fingerprint density at radius 3 is 2.84 bits per heavy atom. The number of rotatable bonds is 3. The summed E-state index contributed by atoms with van der Waals surface area (Å²) < 4.78 is 0. The Hall–Kier alpha value is -1.60. The lowest BCUT2D eigenvalue weighted by Crippen LogP contribution is -2.41. The molecule has 2 fully saturated rings. The lowest BCUT2D eigenvalue weighted by molar-refractivity contribution is 0.139. The number of anilines is 1. The molecule has 1 aromatic heterocycles. The van der Waals surface area contributed by atoms with Crippen molar-refractivity contribution in [2.75, 3.05) is 18.9 Å². The largest absolute Gasteiger partial charge is 0.370 e. The summed E-state index contributed by atoms with van der Waals surface area (Å²) in [7, 11) is 2.27. The molecule has 1 N–H and O–H groups in total. The van der Waals surface area contributed by atoms with Gasteiger partial charge < -0.3 is 10.2 Å². The van der Waals surface area contributed by atoms with Crippen LogP contribution in [0.5, 0.6) is 0 Å². The van der Waals surface area contributed by atoms with Gasteiger partial charge in [0.05, 0.1) is 11.6 Å². The number of piperidine rings is 1. The summed E-state index contributed by atoms with van der Waals surface area (Å²) in [5.74, 6) is 1.56. The average molecular weight is 256 g/mol. The van der Waals surface area contributed by atoms with Crippen LogP contribution in [0.15, 0.2) is 18.3 Å². The second-order valence-electron chi connectivity index (χ2n) is 5.81. The third kappa shape index (κ3) is 2.57. The molecule has 0 saturated carbocycles. The van der Waals surface area contributed by atoms with Gasteiger partial charge in [0.1, 0.15) is 5.82 Å². The summed E-state index contributed by atoms with van der Waals surface area (Å²) in [5, 5.41) is 12.3. The molecule has 2 unspecified atom stereocenters. The molecule has 2 aliphatic heterocycles. The van der Waals surface area contributed by atoms with Crippen molar-refractivity contribution in [3.05, 3.63) is 23.9 Å². The fourth-order valence-corrected chi connectivity index (χ4v) is 3.54. The van der Waals surface area contributed by atoms with Crippen LogP contribution in [0.4, 0.5) is 5.82 Å². The maximum Gasteiger partial charge on any atom is 0.127 e. The SMILES string of the molecule is CN1C2CCC1CC(CNc1cc(C#N)ccn1)C2. The van der Waals surface area contributed by atoms with Gasteiger partial charge in [0.15, 0.2) is 0 Å². The average Bonchev–Trinajstić information content (AvgIpc) is 2.68. The van der Waals surface area contributed by atoms with Crippen LogP contribution >= 0.6 is 0 Å². The first kappa shape index (κ1) is 12.4. The monoisotopic (exact) mass is 256 g/mol. The lowest BCUT2D eigenvalue weighted by atomic mass is 9.91. The van der Waals surface area contributed by atoms with E-state index in [0.717, 1.165) is 30.4 Å². The minimum Gasteiger partial charge on any atom is -0.370 e. The van der Waals surface area contributed by atoms with Gasteiger partial charge in [0.2, 0.25) is 0 Å². The Kier molecular flexibility index (Phi) is 3.39. The number of fused-ring (bicyclic) bond motifs is 2. The van der Waals surface area contributed by atoms with Gasteiger partial charge in [0, 0.05) is 24.8 Å². The quantitative estimate of drug-likeness (QED) is 0.901. The zero-order valence-electron chi connectivity index (χ0n) is 11.3. The third-order valence-electron chi connectivity index (χ3n) is 4.66. The molecule has 2 saturated heterocycles. The number of hydrogen-bond donors (Lipinski definition) is 1. The molecular formula is C15H20N4. The van der Waals surface area contributed by atoms with Crippen LogP contribution in [0, 0.1) is 17.2 Å². The molecule has 100 valence electrons. The minimum absolute atomic E-state index is 0.668. The number of aromatic nitrogens is 1. The fourth-order valence-electron chi connectivity index (χ4n) is 3.54. The second kappa shape index (κ2) is 5.18. The molecule has 19 heavy (non-hydrogen) atoms. The molecule has 4 nitrogen and oxygen atoms in total. The highest BCUT2D eigenvalue weighted by Crippen LogP contribution is 2.37. The van der Waals surface area contributed by atoms with Crippen molar-refractivity contribution < 1.29 is 0 Å². The molecule has 0 spiro atoms. The summed E-state index contributed by atoms with van der Waals surface area (Å²) in [4.78, 5) is 6.83. The van der Waals surface area contributed by atoms with E-state index in [4.69, 9.17) is 5.26 Å². The normalized spacial score (nSPS) is 30.0. The maximum absolute atomic E-state index is 8.87. The van der Waals surface area contributed by atoms with Crippen molar-refractivity contribution in [3.8, 4) is 6.07 Å². The molecule has 3 rings (SSSR count). The fraction of sp³-hybridized carbons (Fsp3) is 0.600. The van der Waals surface area contributed by atoms with Crippen LogP contribution in [-0.2, 0) is 0 Å². The Morgan fingerprint density at radius 1 is 1.42 bits per heavy atom. The summed E-state index contributed by atoms with van der Waals surface area (Å²) in [6.07, 6.45) is 6.99. The number of nitriles is 1. The van der Waals surface area contributed by atoms with E-state index in [1.807, 2.05) is 6.07 Å².